The molecule has 5 heteroatoms. The third kappa shape index (κ3) is 2.20. The van der Waals surface area contributed by atoms with Gasteiger partial charge in [-0.25, -0.2) is 13.8 Å². The second kappa shape index (κ2) is 4.77. The Morgan fingerprint density at radius 3 is 2.38 bits per heavy atom. The van der Waals surface area contributed by atoms with Crippen LogP contribution in [0.3, 0.4) is 0 Å². The molecule has 0 atom stereocenters. The average Bonchev–Trinajstić information content (AvgIpc) is 2.47. The summed E-state index contributed by atoms with van der Waals surface area (Å²) in [5, 5.41) is 0. The largest absolute Gasteiger partial charge is 0.308 e. The molecule has 0 amide bonds. The number of hydrogen-bond acceptors (Lipinski definition) is 2. The predicted octanol–water partition coefficient (Wildman–Crippen LogP) is 3.19. The van der Waals surface area contributed by atoms with E-state index >= 15 is 0 Å². The van der Waals surface area contributed by atoms with Gasteiger partial charge in [0.2, 0.25) is 0 Å². The monoisotopic (exact) mass is 286 g/mol. The van der Waals surface area contributed by atoms with Crippen LogP contribution in [0.15, 0.2) is 41.2 Å². The van der Waals surface area contributed by atoms with Gasteiger partial charge in [-0.05, 0) is 42.3 Å². The first-order chi connectivity index (χ1) is 9.97. The first-order valence-corrected chi connectivity index (χ1v) is 6.40. The molecule has 0 aliphatic carbocycles. The minimum atomic E-state index is -0.891. The lowest BCUT2D eigenvalue weighted by molar-refractivity contribution is 0.509. The molecule has 0 aliphatic heterocycles. The molecule has 21 heavy (non-hydrogen) atoms. The van der Waals surface area contributed by atoms with Gasteiger partial charge >= 0.3 is 0 Å². The summed E-state index contributed by atoms with van der Waals surface area (Å²) in [6.07, 6.45) is 0. The van der Waals surface area contributed by atoms with E-state index in [1.165, 1.54) is 10.6 Å². The lowest BCUT2D eigenvalue weighted by Crippen LogP contribution is -2.20. The zero-order valence-electron chi connectivity index (χ0n) is 11.5. The number of hydrogen-bond donors (Lipinski definition) is 0. The van der Waals surface area contributed by atoms with Crippen molar-refractivity contribution in [1.29, 1.82) is 0 Å². The van der Waals surface area contributed by atoms with Crippen LogP contribution in [0.2, 0.25) is 0 Å². The molecule has 0 radical (unpaired) electrons. The molecule has 106 valence electrons. The summed E-state index contributed by atoms with van der Waals surface area (Å²) in [6, 6.07) is 9.01. The standard InChI is InChI=1S/C16H12F2N2O/c1-9-16(21)20(2)15-6-4-11(8-14(15)19-9)10-3-5-12(17)13(18)7-10/h3-8H,1-2H3. The molecular formula is C16H12F2N2O. The predicted molar refractivity (Wildman–Crippen MR) is 77.1 cm³/mol. The summed E-state index contributed by atoms with van der Waals surface area (Å²) in [6.45, 7) is 1.64. The van der Waals surface area contributed by atoms with Crippen LogP contribution in [0.25, 0.3) is 22.2 Å². The van der Waals surface area contributed by atoms with Crippen LogP contribution in [-0.4, -0.2) is 9.55 Å². The maximum atomic E-state index is 13.3. The SMILES string of the molecule is Cc1nc2cc(-c3ccc(F)c(F)c3)ccc2n(C)c1=O. The second-order valence-electron chi connectivity index (χ2n) is 4.89. The van der Waals surface area contributed by atoms with E-state index in [-0.39, 0.29) is 5.56 Å². The summed E-state index contributed by atoms with van der Waals surface area (Å²) < 4.78 is 27.8. The van der Waals surface area contributed by atoms with Crippen LogP contribution >= 0.6 is 0 Å². The molecule has 1 heterocycles. The number of benzene rings is 2. The van der Waals surface area contributed by atoms with Crippen LogP contribution in [-0.2, 0) is 7.05 Å². The molecule has 3 nitrogen and oxygen atoms in total. The highest BCUT2D eigenvalue weighted by molar-refractivity contribution is 5.81. The smallest absolute Gasteiger partial charge is 0.272 e. The lowest BCUT2D eigenvalue weighted by atomic mass is 10.0. The fourth-order valence-corrected chi connectivity index (χ4v) is 2.33. The fraction of sp³-hybridized carbons (Fsp3) is 0.125. The van der Waals surface area contributed by atoms with E-state index in [0.717, 1.165) is 12.1 Å². The van der Waals surface area contributed by atoms with Gasteiger partial charge in [0.25, 0.3) is 5.56 Å². The van der Waals surface area contributed by atoms with E-state index in [0.29, 0.717) is 27.9 Å². The van der Waals surface area contributed by atoms with E-state index in [4.69, 9.17) is 0 Å². The van der Waals surface area contributed by atoms with Gasteiger partial charge in [0.05, 0.1) is 11.0 Å². The van der Waals surface area contributed by atoms with Crippen molar-refractivity contribution in [1.82, 2.24) is 9.55 Å². The zero-order chi connectivity index (χ0) is 15.1. The number of nitrogens with zero attached hydrogens (tertiary/aromatic N) is 2. The molecule has 0 saturated carbocycles. The Morgan fingerprint density at radius 2 is 1.67 bits per heavy atom. The van der Waals surface area contributed by atoms with Crippen molar-refractivity contribution < 1.29 is 8.78 Å². The van der Waals surface area contributed by atoms with Crippen molar-refractivity contribution in [3.8, 4) is 11.1 Å². The Balaban J connectivity index is 2.23. The maximum Gasteiger partial charge on any atom is 0.272 e. The van der Waals surface area contributed by atoms with E-state index < -0.39 is 11.6 Å². The number of rotatable bonds is 1. The Kier molecular flexibility index (Phi) is 3.05. The summed E-state index contributed by atoms with van der Waals surface area (Å²) in [7, 11) is 1.68. The van der Waals surface area contributed by atoms with Crippen LogP contribution < -0.4 is 5.56 Å². The number of aryl methyl sites for hydroxylation is 2. The quantitative estimate of drug-likeness (QED) is 0.688. The van der Waals surface area contributed by atoms with Gasteiger partial charge in [0.1, 0.15) is 5.69 Å². The van der Waals surface area contributed by atoms with Gasteiger partial charge in [0, 0.05) is 7.05 Å². The van der Waals surface area contributed by atoms with Gasteiger partial charge in [-0.2, -0.15) is 0 Å². The number of fused-ring (bicyclic) bond motifs is 1. The maximum absolute atomic E-state index is 13.3. The first kappa shape index (κ1) is 13.4. The van der Waals surface area contributed by atoms with E-state index in [1.807, 2.05) is 0 Å². The topological polar surface area (TPSA) is 34.9 Å². The van der Waals surface area contributed by atoms with Crippen LogP contribution in [0.5, 0.6) is 0 Å². The highest BCUT2D eigenvalue weighted by Crippen LogP contribution is 2.24. The summed E-state index contributed by atoms with van der Waals surface area (Å²) in [5.41, 5.74) is 2.85. The molecule has 0 bridgehead atoms. The zero-order valence-corrected chi connectivity index (χ0v) is 11.5. The van der Waals surface area contributed by atoms with Crippen molar-refractivity contribution in [2.45, 2.75) is 6.92 Å². The Labute approximate surface area is 119 Å². The molecule has 3 aromatic rings. The number of halogens is 2. The van der Waals surface area contributed by atoms with E-state index in [9.17, 15) is 13.6 Å². The van der Waals surface area contributed by atoms with Crippen molar-refractivity contribution >= 4 is 11.0 Å². The minimum Gasteiger partial charge on any atom is -0.308 e. The summed E-state index contributed by atoms with van der Waals surface area (Å²) in [5.74, 6) is -1.77. The third-order valence-corrected chi connectivity index (χ3v) is 3.49. The van der Waals surface area contributed by atoms with Crippen molar-refractivity contribution in [3.63, 3.8) is 0 Å². The van der Waals surface area contributed by atoms with Crippen molar-refractivity contribution in [2.24, 2.45) is 7.05 Å². The Bertz CT molecular complexity index is 916. The molecule has 0 unspecified atom stereocenters. The molecule has 0 fully saturated rings. The van der Waals surface area contributed by atoms with Crippen molar-refractivity contribution in [2.75, 3.05) is 0 Å². The van der Waals surface area contributed by atoms with Crippen LogP contribution in [0.4, 0.5) is 8.78 Å². The Hall–Kier alpha value is -2.56. The summed E-state index contributed by atoms with van der Waals surface area (Å²) in [4.78, 5) is 16.1. The molecule has 0 N–H and O–H groups in total. The Morgan fingerprint density at radius 1 is 1.00 bits per heavy atom. The van der Waals surface area contributed by atoms with Gasteiger partial charge in [-0.3, -0.25) is 4.79 Å². The van der Waals surface area contributed by atoms with Gasteiger partial charge in [-0.1, -0.05) is 12.1 Å². The van der Waals surface area contributed by atoms with Crippen LogP contribution in [0.1, 0.15) is 5.69 Å². The highest BCUT2D eigenvalue weighted by Gasteiger charge is 2.08. The summed E-state index contributed by atoms with van der Waals surface area (Å²) >= 11 is 0. The normalized spacial score (nSPS) is 11.0. The molecule has 0 aliphatic rings. The fourth-order valence-electron chi connectivity index (χ4n) is 2.33. The number of aromatic nitrogens is 2. The third-order valence-electron chi connectivity index (χ3n) is 3.49. The molecular weight excluding hydrogens is 274 g/mol. The van der Waals surface area contributed by atoms with E-state index in [1.54, 1.807) is 32.2 Å². The molecule has 0 saturated heterocycles. The molecule has 2 aromatic carbocycles. The van der Waals surface area contributed by atoms with E-state index in [2.05, 4.69) is 4.98 Å². The van der Waals surface area contributed by atoms with Gasteiger partial charge < -0.3 is 4.57 Å². The first-order valence-electron chi connectivity index (χ1n) is 6.40. The highest BCUT2D eigenvalue weighted by atomic mass is 19.2. The molecule has 0 spiro atoms. The second-order valence-corrected chi connectivity index (χ2v) is 4.89. The lowest BCUT2D eigenvalue weighted by Gasteiger charge is -2.08. The minimum absolute atomic E-state index is 0.150. The van der Waals surface area contributed by atoms with Crippen molar-refractivity contribution in [3.05, 3.63) is 64.1 Å². The van der Waals surface area contributed by atoms with Gasteiger partial charge in [-0.15, -0.1) is 0 Å². The molecule has 1 aromatic heterocycles. The average molecular weight is 286 g/mol. The van der Waals surface area contributed by atoms with Gasteiger partial charge in [0.15, 0.2) is 11.6 Å². The van der Waals surface area contributed by atoms with Crippen LogP contribution in [0, 0.1) is 18.6 Å². The molecule has 3 rings (SSSR count).